The molecule has 4 aromatic carbocycles. The van der Waals surface area contributed by atoms with Crippen molar-refractivity contribution in [3.8, 4) is 34.5 Å². The van der Waals surface area contributed by atoms with Crippen molar-refractivity contribution in [2.75, 3.05) is 0 Å². The predicted molar refractivity (Wildman–Crippen MR) is 142 cm³/mol. The number of benzene rings is 4. The van der Waals surface area contributed by atoms with Crippen LogP contribution < -0.4 is 0 Å². The van der Waals surface area contributed by atoms with Gasteiger partial charge in [0.1, 0.15) is 0 Å². The molecule has 6 N–H and O–H groups in total. The van der Waals surface area contributed by atoms with Crippen molar-refractivity contribution in [2.24, 2.45) is 0 Å². The Kier molecular flexibility index (Phi) is 4.25. The number of phenols is 6. The normalized spacial score (nSPS) is 23.1. The Bertz CT molecular complexity index is 1640. The Labute approximate surface area is 227 Å². The molecule has 8 rings (SSSR count). The monoisotopic (exact) mass is 533 g/mol. The number of hydrogen-bond donors (Lipinski definition) is 6. The van der Waals surface area contributed by atoms with E-state index in [2.05, 4.69) is 5.21 Å². The SMILES string of the molecule is Oc1cc2c(cc1O)C1c3cc(O)c(O)cc3C3c4cc(O)c(O)cc4C2C13c1cn(Cc2ccccc2)nn1. The van der Waals surface area contributed by atoms with E-state index in [4.69, 9.17) is 5.10 Å². The Morgan fingerprint density at radius 3 is 1.32 bits per heavy atom. The molecule has 0 spiro atoms. The van der Waals surface area contributed by atoms with Gasteiger partial charge in [-0.25, -0.2) is 4.68 Å². The topological polar surface area (TPSA) is 152 Å². The lowest BCUT2D eigenvalue weighted by Crippen LogP contribution is -2.33. The van der Waals surface area contributed by atoms with Crippen molar-refractivity contribution in [1.82, 2.24) is 15.0 Å². The highest BCUT2D eigenvalue weighted by atomic mass is 16.3. The van der Waals surface area contributed by atoms with Crippen LogP contribution in [-0.4, -0.2) is 45.6 Å². The second-order valence-corrected chi connectivity index (χ2v) is 10.9. The molecule has 0 atom stereocenters. The van der Waals surface area contributed by atoms with Gasteiger partial charge in [-0.05, 0) is 75.3 Å². The summed E-state index contributed by atoms with van der Waals surface area (Å²) in [6.07, 6.45) is 1.89. The van der Waals surface area contributed by atoms with Gasteiger partial charge >= 0.3 is 0 Å². The Morgan fingerprint density at radius 1 is 0.575 bits per heavy atom. The van der Waals surface area contributed by atoms with E-state index in [9.17, 15) is 30.6 Å². The molecule has 0 radical (unpaired) electrons. The summed E-state index contributed by atoms with van der Waals surface area (Å²) in [5, 5.41) is 72.6. The van der Waals surface area contributed by atoms with Gasteiger partial charge in [0, 0.05) is 29.4 Å². The fraction of sp³-hybridized carbons (Fsp3) is 0.161. The van der Waals surface area contributed by atoms with E-state index < -0.39 is 23.2 Å². The van der Waals surface area contributed by atoms with Crippen LogP contribution in [0.3, 0.4) is 0 Å². The third-order valence-electron chi connectivity index (χ3n) is 9.01. The zero-order chi connectivity index (χ0) is 27.5. The molecule has 1 heterocycles. The summed E-state index contributed by atoms with van der Waals surface area (Å²) in [6, 6.07) is 19.1. The molecule has 3 aliphatic rings. The largest absolute Gasteiger partial charge is 0.504 e. The van der Waals surface area contributed by atoms with E-state index in [1.54, 1.807) is 41.1 Å². The zero-order valence-corrected chi connectivity index (χ0v) is 20.9. The minimum Gasteiger partial charge on any atom is -0.504 e. The second-order valence-electron chi connectivity index (χ2n) is 10.9. The molecular weight excluding hydrogens is 510 g/mol. The van der Waals surface area contributed by atoms with Gasteiger partial charge in [-0.3, -0.25) is 0 Å². The number of phenolic OH excluding ortho intramolecular Hbond substituents is 6. The van der Waals surface area contributed by atoms with E-state index in [1.165, 1.54) is 0 Å². The molecule has 198 valence electrons. The quantitative estimate of drug-likeness (QED) is 0.189. The molecular formula is C31H23N3O6. The summed E-state index contributed by atoms with van der Waals surface area (Å²) in [7, 11) is 0. The van der Waals surface area contributed by atoms with Crippen molar-refractivity contribution in [3.05, 3.63) is 118 Å². The molecule has 1 aromatic heterocycles. The van der Waals surface area contributed by atoms with Crippen molar-refractivity contribution >= 4 is 0 Å². The standard InChI is InChI=1S/C31H23N3O6/c35-21-6-15-16(7-22(21)36)29-19-10-25(39)26(40)11-20(19)30-18-9-24(38)23(37)8-17(18)28(15)31(29,30)27-13-34(33-32-27)12-14-4-2-1-3-5-14/h1-11,13,28-30,35-40H,12H2. The molecule has 0 saturated carbocycles. The number of fused-ring (bicyclic) bond motifs is 9. The molecule has 40 heavy (non-hydrogen) atoms. The zero-order valence-electron chi connectivity index (χ0n) is 20.9. The Balaban J connectivity index is 1.45. The van der Waals surface area contributed by atoms with Gasteiger partial charge in [-0.2, -0.15) is 0 Å². The molecule has 9 nitrogen and oxygen atoms in total. The van der Waals surface area contributed by atoms with Gasteiger partial charge in [-0.1, -0.05) is 35.5 Å². The van der Waals surface area contributed by atoms with E-state index in [1.807, 2.05) is 36.5 Å². The van der Waals surface area contributed by atoms with Crippen LogP contribution >= 0.6 is 0 Å². The first-order valence-electron chi connectivity index (χ1n) is 12.9. The third kappa shape index (κ3) is 2.66. The average Bonchev–Trinajstić information content (AvgIpc) is 3.64. The van der Waals surface area contributed by atoms with Gasteiger partial charge in [-0.15, -0.1) is 5.10 Å². The third-order valence-corrected chi connectivity index (χ3v) is 9.01. The lowest BCUT2D eigenvalue weighted by atomic mass is 9.66. The first kappa shape index (κ1) is 22.8. The molecule has 0 fully saturated rings. The maximum Gasteiger partial charge on any atom is 0.157 e. The maximum absolute atomic E-state index is 10.6. The second kappa shape index (κ2) is 7.47. The van der Waals surface area contributed by atoms with E-state index in [-0.39, 0.29) is 34.5 Å². The van der Waals surface area contributed by atoms with Crippen LogP contribution in [0.1, 0.15) is 62.4 Å². The van der Waals surface area contributed by atoms with Gasteiger partial charge in [0.2, 0.25) is 0 Å². The summed E-state index contributed by atoms with van der Waals surface area (Å²) in [5.41, 5.74) is 5.25. The summed E-state index contributed by atoms with van der Waals surface area (Å²) < 4.78 is 1.76. The summed E-state index contributed by atoms with van der Waals surface area (Å²) in [4.78, 5) is 0. The van der Waals surface area contributed by atoms with Crippen LogP contribution in [0, 0.1) is 0 Å². The average molecular weight is 534 g/mol. The molecule has 0 bridgehead atoms. The minimum atomic E-state index is -0.886. The van der Waals surface area contributed by atoms with Crippen molar-refractivity contribution < 1.29 is 30.6 Å². The first-order chi connectivity index (χ1) is 19.3. The lowest BCUT2D eigenvalue weighted by molar-refractivity contribution is 0.374. The van der Waals surface area contributed by atoms with Crippen molar-refractivity contribution in [1.29, 1.82) is 0 Å². The van der Waals surface area contributed by atoms with Crippen LogP contribution in [0.4, 0.5) is 0 Å². The van der Waals surface area contributed by atoms with Crippen LogP contribution in [0.15, 0.2) is 72.9 Å². The highest BCUT2D eigenvalue weighted by molar-refractivity contribution is 5.76. The number of nitrogens with zero attached hydrogens (tertiary/aromatic N) is 3. The van der Waals surface area contributed by atoms with E-state index in [0.717, 1.165) is 38.9 Å². The molecule has 0 saturated heterocycles. The minimum absolute atomic E-state index is 0.275. The maximum atomic E-state index is 10.6. The van der Waals surface area contributed by atoms with Crippen LogP contribution in [0.5, 0.6) is 34.5 Å². The summed E-state index contributed by atoms with van der Waals surface area (Å²) in [5.74, 6) is -3.01. The van der Waals surface area contributed by atoms with Gasteiger partial charge in [0.05, 0.1) is 12.2 Å². The van der Waals surface area contributed by atoms with Gasteiger partial charge < -0.3 is 30.6 Å². The van der Waals surface area contributed by atoms with Gasteiger partial charge in [0.15, 0.2) is 34.5 Å². The highest BCUT2D eigenvalue weighted by Gasteiger charge is 2.69. The summed E-state index contributed by atoms with van der Waals surface area (Å²) in [6.45, 7) is 0.488. The lowest BCUT2D eigenvalue weighted by Gasteiger charge is -2.34. The van der Waals surface area contributed by atoms with Crippen molar-refractivity contribution in [3.63, 3.8) is 0 Å². The molecule has 0 unspecified atom stereocenters. The van der Waals surface area contributed by atoms with E-state index in [0.29, 0.717) is 12.2 Å². The number of rotatable bonds is 3. The smallest absolute Gasteiger partial charge is 0.157 e. The molecule has 0 aliphatic heterocycles. The number of aromatic nitrogens is 3. The number of hydrogen-bond acceptors (Lipinski definition) is 8. The number of aromatic hydroxyl groups is 6. The predicted octanol–water partition coefficient (Wildman–Crippen LogP) is 4.23. The fourth-order valence-electron chi connectivity index (χ4n) is 7.66. The molecule has 3 aliphatic carbocycles. The van der Waals surface area contributed by atoms with Crippen LogP contribution in [-0.2, 0) is 12.0 Å². The Morgan fingerprint density at radius 2 is 0.950 bits per heavy atom. The van der Waals surface area contributed by atoms with Crippen LogP contribution in [0.2, 0.25) is 0 Å². The first-order valence-corrected chi connectivity index (χ1v) is 12.9. The van der Waals surface area contributed by atoms with E-state index >= 15 is 0 Å². The Hall–Kier alpha value is -5.18. The van der Waals surface area contributed by atoms with Crippen LogP contribution in [0.25, 0.3) is 0 Å². The molecule has 0 amide bonds. The molecule has 9 heteroatoms. The van der Waals surface area contributed by atoms with Crippen molar-refractivity contribution in [2.45, 2.75) is 29.7 Å². The fourth-order valence-corrected chi connectivity index (χ4v) is 7.66. The molecule has 5 aromatic rings. The highest BCUT2D eigenvalue weighted by Crippen LogP contribution is 2.77. The summed E-state index contributed by atoms with van der Waals surface area (Å²) >= 11 is 0. The van der Waals surface area contributed by atoms with Gasteiger partial charge in [0.25, 0.3) is 0 Å².